The first-order valence-corrected chi connectivity index (χ1v) is 8.34. The second kappa shape index (κ2) is 7.44. The molecule has 0 aromatic carbocycles. The van der Waals surface area contributed by atoms with E-state index in [0.29, 0.717) is 31.9 Å². The maximum atomic E-state index is 12.0. The Balaban J connectivity index is 1.95. The Bertz CT molecular complexity index is 645. The summed E-state index contributed by atoms with van der Waals surface area (Å²) in [4.78, 5) is 27.4. The third-order valence-electron chi connectivity index (χ3n) is 3.57. The topological polar surface area (TPSA) is 83.2 Å². The summed E-state index contributed by atoms with van der Waals surface area (Å²) in [5, 5.41) is 9.86. The van der Waals surface area contributed by atoms with E-state index in [-0.39, 0.29) is 24.3 Å². The molecule has 2 rings (SSSR count). The number of nitrogens with zero attached hydrogens (tertiary/aromatic N) is 2. The first-order valence-electron chi connectivity index (χ1n) is 7.80. The standard InChI is InChI=1S/C16H23ClN2O5/c1-16(2,3)24-15(22)19-6-4-18(5-7-19)10-13-14(21)12(20)8-11(9-17)23-13/h8,21H,4-7,9-10H2,1-3H3. The molecule has 0 atom stereocenters. The Morgan fingerprint density at radius 1 is 1.33 bits per heavy atom. The van der Waals surface area contributed by atoms with Crippen LogP contribution in [0.25, 0.3) is 0 Å². The zero-order valence-electron chi connectivity index (χ0n) is 14.2. The van der Waals surface area contributed by atoms with Crippen LogP contribution in [0.5, 0.6) is 5.75 Å². The lowest BCUT2D eigenvalue weighted by Gasteiger charge is -2.35. The monoisotopic (exact) mass is 358 g/mol. The van der Waals surface area contributed by atoms with Crippen molar-refractivity contribution in [2.75, 3.05) is 26.2 Å². The molecule has 8 heteroatoms. The maximum Gasteiger partial charge on any atom is 0.410 e. The van der Waals surface area contributed by atoms with Gasteiger partial charge in [0.25, 0.3) is 0 Å². The zero-order chi connectivity index (χ0) is 17.9. The highest BCUT2D eigenvalue weighted by Crippen LogP contribution is 2.19. The number of rotatable bonds is 3. The van der Waals surface area contributed by atoms with Crippen LogP contribution in [0.2, 0.25) is 0 Å². The molecular formula is C16H23ClN2O5. The molecule has 1 saturated heterocycles. The van der Waals surface area contributed by atoms with E-state index in [0.717, 1.165) is 0 Å². The Labute approximate surface area is 145 Å². The van der Waals surface area contributed by atoms with Crippen molar-refractivity contribution in [2.45, 2.75) is 38.8 Å². The average Bonchev–Trinajstić information content (AvgIpc) is 2.50. The molecule has 1 aromatic heterocycles. The first kappa shape index (κ1) is 18.6. The van der Waals surface area contributed by atoms with Crippen molar-refractivity contribution in [1.82, 2.24) is 9.80 Å². The predicted molar refractivity (Wildman–Crippen MR) is 89.3 cm³/mol. The quantitative estimate of drug-likeness (QED) is 0.833. The largest absolute Gasteiger partial charge is 0.502 e. The number of ether oxygens (including phenoxy) is 1. The van der Waals surface area contributed by atoms with Gasteiger partial charge in [0.1, 0.15) is 11.4 Å². The molecule has 1 aromatic rings. The molecule has 1 N–H and O–H groups in total. The SMILES string of the molecule is CC(C)(C)OC(=O)N1CCN(Cc2oc(CCl)cc(=O)c2O)CC1. The molecule has 0 unspecified atom stereocenters. The summed E-state index contributed by atoms with van der Waals surface area (Å²) in [5.74, 6) is 0.193. The molecule has 0 saturated carbocycles. The smallest absolute Gasteiger partial charge is 0.410 e. The minimum Gasteiger partial charge on any atom is -0.502 e. The van der Waals surface area contributed by atoms with Gasteiger partial charge in [0.2, 0.25) is 11.2 Å². The van der Waals surface area contributed by atoms with Crippen molar-refractivity contribution in [3.63, 3.8) is 0 Å². The fraction of sp³-hybridized carbons (Fsp3) is 0.625. The molecule has 134 valence electrons. The van der Waals surface area contributed by atoms with Crippen LogP contribution in [0.4, 0.5) is 4.79 Å². The highest BCUT2D eigenvalue weighted by Gasteiger charge is 2.26. The normalized spacial score (nSPS) is 16.2. The number of amides is 1. The Morgan fingerprint density at radius 3 is 2.50 bits per heavy atom. The lowest BCUT2D eigenvalue weighted by molar-refractivity contribution is 0.0132. The molecule has 0 spiro atoms. The number of carbonyl (C=O) groups excluding carboxylic acids is 1. The number of piperazine rings is 1. The van der Waals surface area contributed by atoms with E-state index in [2.05, 4.69) is 0 Å². The van der Waals surface area contributed by atoms with Crippen LogP contribution in [-0.4, -0.2) is 52.8 Å². The zero-order valence-corrected chi connectivity index (χ0v) is 14.9. The summed E-state index contributed by atoms with van der Waals surface area (Å²) < 4.78 is 10.8. The van der Waals surface area contributed by atoms with Crippen molar-refractivity contribution in [1.29, 1.82) is 0 Å². The van der Waals surface area contributed by atoms with Gasteiger partial charge in [-0.3, -0.25) is 9.69 Å². The number of hydrogen-bond donors (Lipinski definition) is 1. The van der Waals surface area contributed by atoms with Crippen LogP contribution in [0.15, 0.2) is 15.3 Å². The van der Waals surface area contributed by atoms with E-state index >= 15 is 0 Å². The number of halogens is 1. The number of carbonyl (C=O) groups is 1. The Kier molecular flexibility index (Phi) is 5.77. The van der Waals surface area contributed by atoms with Gasteiger partial charge in [-0.1, -0.05) is 0 Å². The van der Waals surface area contributed by atoms with Crippen molar-refractivity contribution in [3.05, 3.63) is 27.8 Å². The first-order chi connectivity index (χ1) is 11.2. The number of alkyl halides is 1. The van der Waals surface area contributed by atoms with Gasteiger partial charge in [-0.05, 0) is 20.8 Å². The fourth-order valence-corrected chi connectivity index (χ4v) is 2.51. The number of hydrogen-bond acceptors (Lipinski definition) is 6. The van der Waals surface area contributed by atoms with E-state index in [4.69, 9.17) is 20.8 Å². The van der Waals surface area contributed by atoms with E-state index in [1.807, 2.05) is 25.7 Å². The summed E-state index contributed by atoms with van der Waals surface area (Å²) >= 11 is 5.69. The van der Waals surface area contributed by atoms with Gasteiger partial charge in [0, 0.05) is 32.2 Å². The van der Waals surface area contributed by atoms with Gasteiger partial charge in [-0.25, -0.2) is 4.79 Å². The van der Waals surface area contributed by atoms with Gasteiger partial charge < -0.3 is 19.2 Å². The van der Waals surface area contributed by atoms with Crippen LogP contribution < -0.4 is 5.43 Å². The van der Waals surface area contributed by atoms with Gasteiger partial charge >= 0.3 is 6.09 Å². The van der Waals surface area contributed by atoms with Crippen LogP contribution in [0.1, 0.15) is 32.3 Å². The van der Waals surface area contributed by atoms with Crippen LogP contribution in [0.3, 0.4) is 0 Å². The molecule has 24 heavy (non-hydrogen) atoms. The van der Waals surface area contributed by atoms with Crippen molar-refractivity contribution in [3.8, 4) is 5.75 Å². The number of aromatic hydroxyl groups is 1. The average molecular weight is 359 g/mol. The molecule has 0 radical (unpaired) electrons. The van der Waals surface area contributed by atoms with E-state index in [1.54, 1.807) is 4.90 Å². The lowest BCUT2D eigenvalue weighted by atomic mass is 10.2. The summed E-state index contributed by atoms with van der Waals surface area (Å²) in [7, 11) is 0. The third-order valence-corrected chi connectivity index (χ3v) is 3.83. The Morgan fingerprint density at radius 2 is 1.96 bits per heavy atom. The molecule has 7 nitrogen and oxygen atoms in total. The van der Waals surface area contributed by atoms with Gasteiger partial charge in [-0.15, -0.1) is 11.6 Å². The van der Waals surface area contributed by atoms with E-state index in [1.165, 1.54) is 6.07 Å². The summed E-state index contributed by atoms with van der Waals surface area (Å²) in [6.45, 7) is 7.97. The van der Waals surface area contributed by atoms with Crippen molar-refractivity contribution in [2.24, 2.45) is 0 Å². The summed E-state index contributed by atoms with van der Waals surface area (Å²) in [6.07, 6.45) is -0.333. The van der Waals surface area contributed by atoms with Gasteiger partial charge in [-0.2, -0.15) is 0 Å². The van der Waals surface area contributed by atoms with E-state index in [9.17, 15) is 14.7 Å². The Hall–Kier alpha value is -1.73. The molecule has 1 fully saturated rings. The summed E-state index contributed by atoms with van der Waals surface area (Å²) in [5.41, 5.74) is -1.02. The molecule has 0 aliphatic carbocycles. The van der Waals surface area contributed by atoms with Crippen LogP contribution in [0, 0.1) is 0 Å². The van der Waals surface area contributed by atoms with Crippen LogP contribution in [-0.2, 0) is 17.2 Å². The fourth-order valence-electron chi connectivity index (χ4n) is 2.38. The molecule has 1 amide bonds. The molecule has 1 aliphatic rings. The minimum atomic E-state index is -0.522. The molecule has 1 aliphatic heterocycles. The molecule has 2 heterocycles. The highest BCUT2D eigenvalue weighted by molar-refractivity contribution is 6.16. The van der Waals surface area contributed by atoms with Crippen LogP contribution >= 0.6 is 11.6 Å². The minimum absolute atomic E-state index is 0.0644. The highest BCUT2D eigenvalue weighted by atomic mass is 35.5. The third kappa shape index (κ3) is 4.88. The predicted octanol–water partition coefficient (Wildman–Crippen LogP) is 2.14. The van der Waals surface area contributed by atoms with Crippen molar-refractivity contribution < 1.29 is 19.1 Å². The summed E-state index contributed by atoms with van der Waals surface area (Å²) in [6, 6.07) is 1.19. The van der Waals surface area contributed by atoms with Gasteiger partial charge in [0.05, 0.1) is 12.4 Å². The second-order valence-electron chi connectivity index (χ2n) is 6.73. The lowest BCUT2D eigenvalue weighted by Crippen LogP contribution is -2.49. The maximum absolute atomic E-state index is 12.0. The molecular weight excluding hydrogens is 336 g/mol. The van der Waals surface area contributed by atoms with E-state index < -0.39 is 16.8 Å². The van der Waals surface area contributed by atoms with Gasteiger partial charge in [0.15, 0.2) is 5.76 Å². The molecule has 0 bridgehead atoms. The van der Waals surface area contributed by atoms with Crippen molar-refractivity contribution >= 4 is 17.7 Å². The second-order valence-corrected chi connectivity index (χ2v) is 6.99.